The van der Waals surface area contributed by atoms with E-state index >= 15 is 0 Å². The lowest BCUT2D eigenvalue weighted by Gasteiger charge is -2.36. The first-order valence-corrected chi connectivity index (χ1v) is 9.93. The van der Waals surface area contributed by atoms with Crippen LogP contribution in [0, 0.1) is 5.92 Å². The summed E-state index contributed by atoms with van der Waals surface area (Å²) in [5.74, 6) is 0.724. The molecule has 136 valence electrons. The Hall–Kier alpha value is 0.250. The third kappa shape index (κ3) is 10.9. The van der Waals surface area contributed by atoms with Crippen LogP contribution >= 0.6 is 12.4 Å². The van der Waals surface area contributed by atoms with Crippen molar-refractivity contribution >= 4 is 12.4 Å². The smallest absolute Gasteiger partial charge is 0.0177 e. The molecular weight excluding hydrogens is 290 g/mol. The lowest BCUT2D eigenvalue weighted by atomic mass is 9.76. The van der Waals surface area contributed by atoms with E-state index < -0.39 is 0 Å². The molecule has 0 aromatic rings. The second-order valence-electron chi connectivity index (χ2n) is 7.02. The number of unbranched alkanes of at least 4 members (excludes halogenated alkanes) is 9. The minimum Gasteiger partial charge on any atom is -0.325 e. The number of halogens is 1. The summed E-state index contributed by atoms with van der Waals surface area (Å²) in [5.41, 5.74) is 6.66. The second kappa shape index (κ2) is 16.1. The Morgan fingerprint density at radius 2 is 1.09 bits per heavy atom. The normalized spacial score (nSPS) is 13.0. The number of hydrogen-bond donors (Lipinski definition) is 1. The maximum Gasteiger partial charge on any atom is 0.0177 e. The fourth-order valence-corrected chi connectivity index (χ4v) is 3.60. The van der Waals surface area contributed by atoms with Crippen LogP contribution in [0.4, 0.5) is 0 Å². The highest BCUT2D eigenvalue weighted by Crippen LogP contribution is 2.30. The van der Waals surface area contributed by atoms with Gasteiger partial charge >= 0.3 is 0 Å². The molecule has 0 rings (SSSR count). The van der Waals surface area contributed by atoms with Crippen LogP contribution in [-0.2, 0) is 0 Å². The van der Waals surface area contributed by atoms with Gasteiger partial charge in [-0.15, -0.1) is 12.4 Å². The van der Waals surface area contributed by atoms with Gasteiger partial charge in [0.2, 0.25) is 0 Å². The monoisotopic (exact) mass is 333 g/mol. The predicted octanol–water partition coefficient (Wildman–Crippen LogP) is 7.26. The van der Waals surface area contributed by atoms with Gasteiger partial charge in [-0.3, -0.25) is 0 Å². The summed E-state index contributed by atoms with van der Waals surface area (Å²) < 4.78 is 0. The molecule has 0 heterocycles. The van der Waals surface area contributed by atoms with E-state index in [2.05, 4.69) is 27.7 Å². The number of rotatable bonds is 15. The van der Waals surface area contributed by atoms with Crippen molar-refractivity contribution in [2.75, 3.05) is 0 Å². The van der Waals surface area contributed by atoms with Crippen molar-refractivity contribution in [3.8, 4) is 0 Å². The molecule has 0 aromatic heterocycles. The van der Waals surface area contributed by atoms with E-state index in [1.807, 2.05) is 0 Å². The lowest BCUT2D eigenvalue weighted by Crippen LogP contribution is -2.45. The first kappa shape index (κ1) is 24.5. The molecule has 0 saturated carbocycles. The van der Waals surface area contributed by atoms with Gasteiger partial charge in [-0.25, -0.2) is 0 Å². The summed E-state index contributed by atoms with van der Waals surface area (Å²) in [6.45, 7) is 9.11. The molecule has 1 unspecified atom stereocenters. The fraction of sp³-hybridized carbons (Fsp3) is 1.00. The molecule has 0 saturated heterocycles. The molecule has 0 aliphatic heterocycles. The molecule has 22 heavy (non-hydrogen) atoms. The molecule has 2 heteroatoms. The molecule has 0 aliphatic carbocycles. The van der Waals surface area contributed by atoms with Crippen molar-refractivity contribution < 1.29 is 0 Å². The molecule has 1 nitrogen and oxygen atoms in total. The first-order chi connectivity index (χ1) is 10.1. The van der Waals surface area contributed by atoms with E-state index in [0.29, 0.717) is 0 Å². The van der Waals surface area contributed by atoms with Gasteiger partial charge in [0.1, 0.15) is 0 Å². The van der Waals surface area contributed by atoms with Gasteiger partial charge in [0.05, 0.1) is 0 Å². The van der Waals surface area contributed by atoms with E-state index in [9.17, 15) is 0 Å². The lowest BCUT2D eigenvalue weighted by molar-refractivity contribution is 0.225. The molecule has 0 aliphatic rings. The molecule has 0 aromatic carbocycles. The standard InChI is InChI=1S/C20H43N.ClH/c1-5-9-10-11-12-13-14-15-16-17-18-19(6-2)20(21,7-3)8-4;/h19H,5-18,21H2,1-4H3;1H. The summed E-state index contributed by atoms with van der Waals surface area (Å²) in [6, 6.07) is 0. The minimum atomic E-state index is 0. The van der Waals surface area contributed by atoms with E-state index in [0.717, 1.165) is 18.8 Å². The second-order valence-corrected chi connectivity index (χ2v) is 7.02. The zero-order valence-corrected chi connectivity index (χ0v) is 16.8. The highest BCUT2D eigenvalue weighted by Gasteiger charge is 2.29. The average Bonchev–Trinajstić information content (AvgIpc) is 2.52. The van der Waals surface area contributed by atoms with E-state index in [1.54, 1.807) is 0 Å². The summed E-state index contributed by atoms with van der Waals surface area (Å²) in [4.78, 5) is 0. The Kier molecular flexibility index (Phi) is 18.0. The van der Waals surface area contributed by atoms with Crippen molar-refractivity contribution in [2.45, 2.75) is 123 Å². The Balaban J connectivity index is 0. The van der Waals surface area contributed by atoms with Crippen molar-refractivity contribution in [1.82, 2.24) is 0 Å². The van der Waals surface area contributed by atoms with Gasteiger partial charge < -0.3 is 5.73 Å². The van der Waals surface area contributed by atoms with Crippen LogP contribution in [0.15, 0.2) is 0 Å². The zero-order valence-electron chi connectivity index (χ0n) is 16.0. The summed E-state index contributed by atoms with van der Waals surface area (Å²) >= 11 is 0. The van der Waals surface area contributed by atoms with Crippen molar-refractivity contribution in [3.05, 3.63) is 0 Å². The minimum absolute atomic E-state index is 0. The Bertz CT molecular complexity index is 214. The molecule has 0 bridgehead atoms. The van der Waals surface area contributed by atoms with Gasteiger partial charge in [-0.2, -0.15) is 0 Å². The van der Waals surface area contributed by atoms with E-state index in [-0.39, 0.29) is 17.9 Å². The molecule has 0 amide bonds. The van der Waals surface area contributed by atoms with Crippen LogP contribution in [-0.4, -0.2) is 5.54 Å². The van der Waals surface area contributed by atoms with Crippen LogP contribution in [0.2, 0.25) is 0 Å². The highest BCUT2D eigenvalue weighted by atomic mass is 35.5. The highest BCUT2D eigenvalue weighted by molar-refractivity contribution is 5.85. The van der Waals surface area contributed by atoms with Gasteiger partial charge in [-0.1, -0.05) is 98.3 Å². The zero-order chi connectivity index (χ0) is 16.0. The van der Waals surface area contributed by atoms with Crippen LogP contribution in [0.1, 0.15) is 118 Å². The van der Waals surface area contributed by atoms with Gasteiger partial charge in [0, 0.05) is 5.54 Å². The molecule has 0 fully saturated rings. The molecule has 2 N–H and O–H groups in total. The topological polar surface area (TPSA) is 26.0 Å². The predicted molar refractivity (Wildman–Crippen MR) is 105 cm³/mol. The largest absolute Gasteiger partial charge is 0.325 e. The van der Waals surface area contributed by atoms with Gasteiger partial charge in [0.25, 0.3) is 0 Å². The van der Waals surface area contributed by atoms with Crippen molar-refractivity contribution in [1.29, 1.82) is 0 Å². The Labute approximate surface area is 147 Å². The van der Waals surface area contributed by atoms with Crippen LogP contribution < -0.4 is 5.73 Å². The van der Waals surface area contributed by atoms with Crippen LogP contribution in [0.5, 0.6) is 0 Å². The third-order valence-corrected chi connectivity index (χ3v) is 5.53. The summed E-state index contributed by atoms with van der Waals surface area (Å²) in [5, 5.41) is 0. The van der Waals surface area contributed by atoms with Crippen molar-refractivity contribution in [2.24, 2.45) is 11.7 Å². The summed E-state index contributed by atoms with van der Waals surface area (Å²) in [7, 11) is 0. The molecule has 0 spiro atoms. The van der Waals surface area contributed by atoms with E-state index in [4.69, 9.17) is 5.73 Å². The SMILES string of the molecule is CCCCCCCCCCCCC(CC)C(N)(CC)CC.Cl. The van der Waals surface area contributed by atoms with Crippen molar-refractivity contribution in [3.63, 3.8) is 0 Å². The maximum absolute atomic E-state index is 6.57. The van der Waals surface area contributed by atoms with Crippen LogP contribution in [0.3, 0.4) is 0 Å². The van der Waals surface area contributed by atoms with Gasteiger partial charge in [-0.05, 0) is 25.2 Å². The van der Waals surface area contributed by atoms with Crippen LogP contribution in [0.25, 0.3) is 0 Å². The first-order valence-electron chi connectivity index (χ1n) is 9.93. The van der Waals surface area contributed by atoms with Gasteiger partial charge in [0.15, 0.2) is 0 Å². The average molecular weight is 334 g/mol. The third-order valence-electron chi connectivity index (χ3n) is 5.53. The van der Waals surface area contributed by atoms with E-state index in [1.165, 1.54) is 77.0 Å². The Morgan fingerprint density at radius 3 is 1.45 bits per heavy atom. The number of nitrogens with two attached hydrogens (primary N) is 1. The summed E-state index contributed by atoms with van der Waals surface area (Å²) in [6.07, 6.45) is 19.1. The number of hydrogen-bond acceptors (Lipinski definition) is 1. The Morgan fingerprint density at radius 1 is 0.682 bits per heavy atom. The maximum atomic E-state index is 6.57. The fourth-order valence-electron chi connectivity index (χ4n) is 3.60. The molecule has 0 radical (unpaired) electrons. The quantitative estimate of drug-likeness (QED) is 0.313. The molecular formula is C20H44ClN. The molecule has 1 atom stereocenters.